The van der Waals surface area contributed by atoms with Gasteiger partial charge in [0.2, 0.25) is 0 Å². The summed E-state index contributed by atoms with van der Waals surface area (Å²) < 4.78 is 10.1. The molecule has 128 valence electrons. The van der Waals surface area contributed by atoms with Crippen LogP contribution in [0.4, 0.5) is 0 Å². The summed E-state index contributed by atoms with van der Waals surface area (Å²) in [4.78, 5) is 22.7. The van der Waals surface area contributed by atoms with Gasteiger partial charge in [0.05, 0.1) is 26.1 Å². The Hall–Kier alpha value is -1.32. The number of rotatable bonds is 14. The molecule has 0 amide bonds. The Morgan fingerprint density at radius 1 is 0.727 bits per heavy atom. The van der Waals surface area contributed by atoms with Crippen molar-refractivity contribution in [2.45, 2.75) is 78.1 Å². The molecule has 0 heterocycles. The average Bonchev–Trinajstić information content (AvgIpc) is 2.51. The fourth-order valence-corrected chi connectivity index (χ4v) is 1.81. The first kappa shape index (κ1) is 20.7. The molecular weight excluding hydrogens is 280 g/mol. The third-order valence-electron chi connectivity index (χ3n) is 3.21. The molecule has 0 aromatic heterocycles. The molecule has 0 saturated carbocycles. The molecular formula is C18H32O4. The lowest BCUT2D eigenvalue weighted by molar-refractivity contribution is -0.150. The highest BCUT2D eigenvalue weighted by Crippen LogP contribution is 2.02. The van der Waals surface area contributed by atoms with Gasteiger partial charge in [0.1, 0.15) is 0 Å². The van der Waals surface area contributed by atoms with E-state index in [4.69, 9.17) is 9.47 Å². The van der Waals surface area contributed by atoms with E-state index in [-0.39, 0.29) is 24.8 Å². The first-order valence-electron chi connectivity index (χ1n) is 8.66. The maximum absolute atomic E-state index is 11.4. The summed E-state index contributed by atoms with van der Waals surface area (Å²) in [6.07, 6.45) is 13.1. The van der Waals surface area contributed by atoms with Gasteiger partial charge in [0.15, 0.2) is 0 Å². The molecule has 0 aliphatic heterocycles. The summed E-state index contributed by atoms with van der Waals surface area (Å²) in [7, 11) is 0. The highest BCUT2D eigenvalue weighted by atomic mass is 16.5. The lowest BCUT2D eigenvalue weighted by atomic mass is 10.2. The quantitative estimate of drug-likeness (QED) is 0.268. The molecule has 0 aromatic carbocycles. The molecule has 0 unspecified atom stereocenters. The lowest BCUT2D eigenvalue weighted by Crippen LogP contribution is -2.11. The number of carbonyl (C=O) groups excluding carboxylic acids is 2. The molecule has 0 aliphatic rings. The van der Waals surface area contributed by atoms with Crippen LogP contribution in [0.2, 0.25) is 0 Å². The summed E-state index contributed by atoms with van der Waals surface area (Å²) in [5, 5.41) is 0. The molecule has 4 nitrogen and oxygen atoms in total. The molecule has 0 atom stereocenters. The minimum absolute atomic E-state index is 0.109. The minimum atomic E-state index is -0.320. The summed E-state index contributed by atoms with van der Waals surface area (Å²) in [5.41, 5.74) is 0. The smallest absolute Gasteiger partial charge is 0.306 e. The lowest BCUT2D eigenvalue weighted by Gasteiger charge is -2.05. The molecule has 0 bridgehead atoms. The van der Waals surface area contributed by atoms with Crippen LogP contribution in [0.25, 0.3) is 0 Å². The Labute approximate surface area is 135 Å². The number of unbranched alkanes of at least 4 members (excludes halogenated alkanes) is 5. The monoisotopic (exact) mass is 312 g/mol. The zero-order valence-electron chi connectivity index (χ0n) is 14.3. The van der Waals surface area contributed by atoms with E-state index in [1.807, 2.05) is 6.92 Å². The fraction of sp³-hybridized carbons (Fsp3) is 0.778. The van der Waals surface area contributed by atoms with Crippen LogP contribution in [0.3, 0.4) is 0 Å². The molecule has 0 N–H and O–H groups in total. The predicted molar refractivity (Wildman–Crippen MR) is 88.6 cm³/mol. The van der Waals surface area contributed by atoms with Crippen molar-refractivity contribution in [3.8, 4) is 0 Å². The van der Waals surface area contributed by atoms with Crippen LogP contribution in [-0.2, 0) is 19.1 Å². The van der Waals surface area contributed by atoms with Crippen LogP contribution in [0.1, 0.15) is 78.1 Å². The number of esters is 2. The molecule has 4 heteroatoms. The van der Waals surface area contributed by atoms with Crippen molar-refractivity contribution >= 4 is 11.9 Å². The van der Waals surface area contributed by atoms with Gasteiger partial charge in [-0.25, -0.2) is 0 Å². The number of hydrogen-bond acceptors (Lipinski definition) is 4. The van der Waals surface area contributed by atoms with E-state index in [1.54, 1.807) is 0 Å². The van der Waals surface area contributed by atoms with Crippen molar-refractivity contribution in [3.63, 3.8) is 0 Å². The zero-order chi connectivity index (χ0) is 16.5. The normalized spacial score (nSPS) is 10.8. The van der Waals surface area contributed by atoms with Gasteiger partial charge in [-0.3, -0.25) is 9.59 Å². The second kappa shape index (κ2) is 16.1. The molecule has 22 heavy (non-hydrogen) atoms. The van der Waals surface area contributed by atoms with Crippen LogP contribution in [0, 0.1) is 0 Å². The van der Waals surface area contributed by atoms with Gasteiger partial charge in [-0.1, -0.05) is 45.3 Å². The van der Waals surface area contributed by atoms with Gasteiger partial charge in [-0.05, 0) is 32.1 Å². The van der Waals surface area contributed by atoms with Gasteiger partial charge < -0.3 is 9.47 Å². The summed E-state index contributed by atoms with van der Waals surface area (Å²) in [5.74, 6) is -0.639. The maximum atomic E-state index is 11.4. The van der Waals surface area contributed by atoms with Crippen LogP contribution >= 0.6 is 0 Å². The Kier molecular flexibility index (Phi) is 15.1. The van der Waals surface area contributed by atoms with E-state index >= 15 is 0 Å². The van der Waals surface area contributed by atoms with Crippen molar-refractivity contribution in [1.82, 2.24) is 0 Å². The van der Waals surface area contributed by atoms with Crippen LogP contribution in [-0.4, -0.2) is 25.2 Å². The number of hydrogen-bond donors (Lipinski definition) is 0. The Balaban J connectivity index is 3.40. The molecule has 0 aliphatic carbocycles. The Bertz CT molecular complexity index is 310. The molecule has 0 saturated heterocycles. The topological polar surface area (TPSA) is 52.6 Å². The largest absolute Gasteiger partial charge is 0.466 e. The predicted octanol–water partition coefficient (Wildman–Crippen LogP) is 4.57. The van der Waals surface area contributed by atoms with E-state index in [1.165, 1.54) is 19.3 Å². The van der Waals surface area contributed by atoms with Crippen molar-refractivity contribution < 1.29 is 19.1 Å². The standard InChI is InChI=1S/C18H32O4/c1-3-5-7-8-9-10-11-12-16-22-18(20)14-13-17(19)21-15-6-4-2/h9-10H,3-8,11-16H2,1-2H3/b10-9+. The molecule has 0 fully saturated rings. The van der Waals surface area contributed by atoms with Crippen molar-refractivity contribution in [2.75, 3.05) is 13.2 Å². The van der Waals surface area contributed by atoms with Gasteiger partial charge in [0.25, 0.3) is 0 Å². The van der Waals surface area contributed by atoms with Gasteiger partial charge >= 0.3 is 11.9 Å². The third-order valence-corrected chi connectivity index (χ3v) is 3.21. The average molecular weight is 312 g/mol. The van der Waals surface area contributed by atoms with Crippen molar-refractivity contribution in [3.05, 3.63) is 12.2 Å². The molecule has 0 aromatic rings. The second-order valence-electron chi connectivity index (χ2n) is 5.40. The van der Waals surface area contributed by atoms with Crippen molar-refractivity contribution in [2.24, 2.45) is 0 Å². The van der Waals surface area contributed by atoms with E-state index in [9.17, 15) is 9.59 Å². The highest BCUT2D eigenvalue weighted by molar-refractivity contribution is 5.77. The molecule has 0 rings (SSSR count). The number of carbonyl (C=O) groups is 2. The van der Waals surface area contributed by atoms with Crippen LogP contribution in [0.5, 0.6) is 0 Å². The van der Waals surface area contributed by atoms with Gasteiger partial charge in [-0.2, -0.15) is 0 Å². The number of allylic oxidation sites excluding steroid dienone is 2. The maximum Gasteiger partial charge on any atom is 0.306 e. The summed E-state index contributed by atoms with van der Waals surface area (Å²) in [6.45, 7) is 5.09. The first-order valence-corrected chi connectivity index (χ1v) is 8.66. The van der Waals surface area contributed by atoms with Gasteiger partial charge in [-0.15, -0.1) is 0 Å². The Morgan fingerprint density at radius 2 is 1.23 bits per heavy atom. The molecule has 0 radical (unpaired) electrons. The fourth-order valence-electron chi connectivity index (χ4n) is 1.81. The van der Waals surface area contributed by atoms with E-state index in [2.05, 4.69) is 19.1 Å². The summed E-state index contributed by atoms with van der Waals surface area (Å²) in [6, 6.07) is 0. The SMILES string of the molecule is CCCCC/C=C/CCCOC(=O)CCC(=O)OCCCC. The van der Waals surface area contributed by atoms with Crippen LogP contribution < -0.4 is 0 Å². The number of ether oxygens (including phenoxy) is 2. The van der Waals surface area contributed by atoms with Crippen molar-refractivity contribution in [1.29, 1.82) is 0 Å². The second-order valence-corrected chi connectivity index (χ2v) is 5.40. The van der Waals surface area contributed by atoms with Crippen LogP contribution in [0.15, 0.2) is 12.2 Å². The molecule has 0 spiro atoms. The van der Waals surface area contributed by atoms with E-state index in [0.29, 0.717) is 13.2 Å². The summed E-state index contributed by atoms with van der Waals surface area (Å²) >= 11 is 0. The zero-order valence-corrected chi connectivity index (χ0v) is 14.3. The van der Waals surface area contributed by atoms with Gasteiger partial charge in [0, 0.05) is 0 Å². The minimum Gasteiger partial charge on any atom is -0.466 e. The highest BCUT2D eigenvalue weighted by Gasteiger charge is 2.08. The van der Waals surface area contributed by atoms with E-state index < -0.39 is 0 Å². The van der Waals surface area contributed by atoms with E-state index in [0.717, 1.165) is 32.1 Å². The Morgan fingerprint density at radius 3 is 1.77 bits per heavy atom. The third kappa shape index (κ3) is 15.1. The first-order chi connectivity index (χ1) is 10.7.